The van der Waals surface area contributed by atoms with Crippen LogP contribution in [-0.4, -0.2) is 40.6 Å². The highest BCUT2D eigenvalue weighted by Crippen LogP contribution is 2.33. The first-order valence-electron chi connectivity index (χ1n) is 13.3. The van der Waals surface area contributed by atoms with E-state index < -0.39 is 22.5 Å². The van der Waals surface area contributed by atoms with Gasteiger partial charge in [-0.25, -0.2) is 8.42 Å². The fourth-order valence-electron chi connectivity index (χ4n) is 4.87. The van der Waals surface area contributed by atoms with Crippen LogP contribution in [0.25, 0.3) is 0 Å². The number of benzene rings is 3. The maximum Gasteiger partial charge on any atom is 0.264 e. The summed E-state index contributed by atoms with van der Waals surface area (Å²) in [5.41, 5.74) is 2.41. The van der Waals surface area contributed by atoms with E-state index >= 15 is 0 Å². The van der Waals surface area contributed by atoms with Crippen LogP contribution in [0.5, 0.6) is 5.75 Å². The Morgan fingerprint density at radius 2 is 1.79 bits per heavy atom. The molecule has 1 aliphatic rings. The number of carbonyl (C=O) groups excluding carboxylic acids is 1. The van der Waals surface area contributed by atoms with Gasteiger partial charge in [-0.05, 0) is 86.7 Å². The zero-order valence-corrected chi connectivity index (χ0v) is 24.2. The summed E-state index contributed by atoms with van der Waals surface area (Å²) in [4.78, 5) is 15.7. The number of piperidine rings is 1. The Labute approximate surface area is 236 Å². The van der Waals surface area contributed by atoms with Gasteiger partial charge in [-0.15, -0.1) is 0 Å². The Bertz CT molecular complexity index is 1360. The van der Waals surface area contributed by atoms with Crippen molar-refractivity contribution in [2.45, 2.75) is 44.6 Å². The number of rotatable bonds is 10. The van der Waals surface area contributed by atoms with Gasteiger partial charge in [0.25, 0.3) is 10.0 Å². The fraction of sp³-hybridized carbons (Fsp3) is 0.367. The van der Waals surface area contributed by atoms with Crippen molar-refractivity contribution in [2.24, 2.45) is 5.92 Å². The molecule has 1 N–H and O–H groups in total. The molecule has 3 aromatic carbocycles. The van der Waals surface area contributed by atoms with Crippen molar-refractivity contribution in [3.63, 3.8) is 0 Å². The van der Waals surface area contributed by atoms with Crippen molar-refractivity contribution in [3.8, 4) is 5.75 Å². The molecule has 0 bridgehead atoms. The van der Waals surface area contributed by atoms with Crippen LogP contribution in [0.2, 0.25) is 5.02 Å². The number of ether oxygens (including phenoxy) is 1. The largest absolute Gasteiger partial charge is 0.492 e. The van der Waals surface area contributed by atoms with Gasteiger partial charge < -0.3 is 15.0 Å². The molecule has 3 aromatic rings. The third-order valence-corrected chi connectivity index (χ3v) is 8.94. The number of anilines is 2. The maximum atomic E-state index is 13.7. The number of nitrogens with zero attached hydrogens (tertiary/aromatic N) is 2. The molecule has 1 amide bonds. The first-order chi connectivity index (χ1) is 18.7. The number of sulfonamides is 1. The highest BCUT2D eigenvalue weighted by Gasteiger charge is 2.30. The smallest absolute Gasteiger partial charge is 0.264 e. The van der Waals surface area contributed by atoms with E-state index in [-0.39, 0.29) is 16.6 Å². The van der Waals surface area contributed by atoms with Gasteiger partial charge in [0.2, 0.25) is 5.91 Å². The molecule has 9 heteroatoms. The summed E-state index contributed by atoms with van der Waals surface area (Å²) in [5, 5.41) is 3.39. The molecule has 0 saturated carbocycles. The lowest BCUT2D eigenvalue weighted by molar-refractivity contribution is -0.120. The van der Waals surface area contributed by atoms with Crippen LogP contribution in [0.1, 0.15) is 45.2 Å². The first kappa shape index (κ1) is 28.8. The molecule has 7 nitrogen and oxygen atoms in total. The molecular formula is C30H36ClN3O4S. The topological polar surface area (TPSA) is 79.0 Å². The number of para-hydroxylation sites is 2. The Morgan fingerprint density at radius 3 is 2.46 bits per heavy atom. The fourth-order valence-corrected chi connectivity index (χ4v) is 6.43. The third kappa shape index (κ3) is 7.05. The Morgan fingerprint density at radius 1 is 1.10 bits per heavy atom. The van der Waals surface area contributed by atoms with Crippen LogP contribution < -0.4 is 19.3 Å². The van der Waals surface area contributed by atoms with Crippen molar-refractivity contribution in [1.29, 1.82) is 0 Å². The summed E-state index contributed by atoms with van der Waals surface area (Å²) >= 11 is 5.99. The summed E-state index contributed by atoms with van der Waals surface area (Å²) < 4.78 is 34.3. The molecule has 2 atom stereocenters. The number of amides is 1. The number of halogens is 1. The third-order valence-electron chi connectivity index (χ3n) is 6.92. The van der Waals surface area contributed by atoms with Gasteiger partial charge in [0.15, 0.2) is 0 Å². The number of hydrogen-bond acceptors (Lipinski definition) is 5. The molecular weight excluding hydrogens is 534 g/mol. The van der Waals surface area contributed by atoms with Crippen LogP contribution in [-0.2, 0) is 14.8 Å². The van der Waals surface area contributed by atoms with Crippen LogP contribution >= 0.6 is 11.6 Å². The quantitative estimate of drug-likeness (QED) is 0.322. The Hall–Kier alpha value is -3.23. The summed E-state index contributed by atoms with van der Waals surface area (Å²) in [6, 6.07) is 20.6. The highest BCUT2D eigenvalue weighted by atomic mass is 35.5. The summed E-state index contributed by atoms with van der Waals surface area (Å²) in [6.45, 7) is 8.03. The second kappa shape index (κ2) is 12.7. The second-order valence-electron chi connectivity index (χ2n) is 9.94. The van der Waals surface area contributed by atoms with Gasteiger partial charge in [0.1, 0.15) is 12.3 Å². The molecule has 1 saturated heterocycles. The second-order valence-corrected chi connectivity index (χ2v) is 12.2. The normalized spacial score (nSPS) is 16.4. The van der Waals surface area contributed by atoms with Gasteiger partial charge in [-0.1, -0.05) is 42.8 Å². The van der Waals surface area contributed by atoms with E-state index in [4.69, 9.17) is 16.3 Å². The standard InChI is InChI=1S/C30H36ClN3O4S/c1-4-38-29-10-6-5-9-28(29)34(39(36,37)27-17-13-25(31)14-18-27)21-30(35)32-23(3)24-11-15-26(16-12-24)33-19-7-8-22(2)20-33/h5-6,9-18,22-23H,4,7-8,19-21H2,1-3H3,(H,32,35). The molecule has 0 aliphatic carbocycles. The lowest BCUT2D eigenvalue weighted by Crippen LogP contribution is -2.41. The minimum atomic E-state index is -4.10. The van der Waals surface area contributed by atoms with Crippen LogP contribution in [0, 0.1) is 5.92 Å². The predicted molar refractivity (Wildman–Crippen MR) is 157 cm³/mol. The maximum absolute atomic E-state index is 13.7. The minimum Gasteiger partial charge on any atom is -0.492 e. The molecule has 0 spiro atoms. The number of carbonyl (C=O) groups is 1. The minimum absolute atomic E-state index is 0.0293. The molecule has 0 radical (unpaired) electrons. The van der Waals surface area contributed by atoms with Crippen molar-refractivity contribution < 1.29 is 17.9 Å². The van der Waals surface area contributed by atoms with Crippen molar-refractivity contribution in [2.75, 3.05) is 35.4 Å². The van der Waals surface area contributed by atoms with Crippen LogP contribution in [0.15, 0.2) is 77.7 Å². The number of hydrogen-bond donors (Lipinski definition) is 1. The highest BCUT2D eigenvalue weighted by molar-refractivity contribution is 7.92. The van der Waals surface area contributed by atoms with E-state index in [1.807, 2.05) is 26.0 Å². The first-order valence-corrected chi connectivity index (χ1v) is 15.1. The lowest BCUT2D eigenvalue weighted by atomic mass is 9.99. The van der Waals surface area contributed by atoms with E-state index in [0.29, 0.717) is 23.3 Å². The van der Waals surface area contributed by atoms with E-state index in [0.717, 1.165) is 23.0 Å². The van der Waals surface area contributed by atoms with E-state index in [9.17, 15) is 13.2 Å². The molecule has 2 unspecified atom stereocenters. The molecule has 1 fully saturated rings. The summed E-state index contributed by atoms with van der Waals surface area (Å²) in [6.07, 6.45) is 2.45. The van der Waals surface area contributed by atoms with Crippen LogP contribution in [0.4, 0.5) is 11.4 Å². The van der Waals surface area contributed by atoms with Crippen molar-refractivity contribution >= 4 is 38.9 Å². The summed E-state index contributed by atoms with van der Waals surface area (Å²) in [7, 11) is -4.10. The average Bonchev–Trinajstić information content (AvgIpc) is 2.92. The van der Waals surface area contributed by atoms with Gasteiger partial charge in [-0.3, -0.25) is 9.10 Å². The molecule has 4 rings (SSSR count). The number of nitrogens with one attached hydrogen (secondary N) is 1. The van der Waals surface area contributed by atoms with E-state index in [1.54, 1.807) is 24.3 Å². The Balaban J connectivity index is 1.54. The van der Waals surface area contributed by atoms with Crippen molar-refractivity contribution in [3.05, 3.63) is 83.4 Å². The zero-order chi connectivity index (χ0) is 28.0. The summed E-state index contributed by atoms with van der Waals surface area (Å²) in [5.74, 6) is 0.623. The van der Waals surface area contributed by atoms with E-state index in [1.165, 1.54) is 42.8 Å². The Kier molecular flexibility index (Phi) is 9.40. The molecule has 1 heterocycles. The van der Waals surface area contributed by atoms with Gasteiger partial charge in [0.05, 0.1) is 23.2 Å². The SMILES string of the molecule is CCOc1ccccc1N(CC(=O)NC(C)c1ccc(N2CCCC(C)C2)cc1)S(=O)(=O)c1ccc(Cl)cc1. The monoisotopic (exact) mass is 569 g/mol. The van der Waals surface area contributed by atoms with Gasteiger partial charge >= 0.3 is 0 Å². The van der Waals surface area contributed by atoms with Crippen LogP contribution in [0.3, 0.4) is 0 Å². The molecule has 39 heavy (non-hydrogen) atoms. The molecule has 208 valence electrons. The van der Waals surface area contributed by atoms with Crippen molar-refractivity contribution in [1.82, 2.24) is 5.32 Å². The predicted octanol–water partition coefficient (Wildman–Crippen LogP) is 6.05. The lowest BCUT2D eigenvalue weighted by Gasteiger charge is -2.33. The van der Waals surface area contributed by atoms with Gasteiger partial charge in [-0.2, -0.15) is 0 Å². The molecule has 0 aromatic heterocycles. The average molecular weight is 570 g/mol. The molecule has 1 aliphatic heterocycles. The van der Waals surface area contributed by atoms with E-state index in [2.05, 4.69) is 29.3 Å². The van der Waals surface area contributed by atoms with Gasteiger partial charge in [0, 0.05) is 23.8 Å². The zero-order valence-electron chi connectivity index (χ0n) is 22.6.